The standard InChI is InChI=1S/C22H21BrN2O2/c23-11-1-2-15-13(7-11)21-4-5-24-10-14-12-3-6-27-16-8-18(26)25(15)20(21)19(16)22(12,14)9-17(21)24/h1-3,7,14,16-17,19-20H,4-6,8-10H2/t14?,16-,17-,19-,20-,21+,22-/m0/s1. The van der Waals surface area contributed by atoms with E-state index in [0.717, 1.165) is 4.47 Å². The molecule has 0 N–H and O–H groups in total. The molecule has 1 aromatic carbocycles. The van der Waals surface area contributed by atoms with Gasteiger partial charge in [0.1, 0.15) is 0 Å². The summed E-state index contributed by atoms with van der Waals surface area (Å²) in [4.78, 5) is 18.4. The van der Waals surface area contributed by atoms with Gasteiger partial charge in [0.15, 0.2) is 0 Å². The van der Waals surface area contributed by atoms with Crippen LogP contribution in [0.5, 0.6) is 0 Å². The number of ether oxygens (including phenoxy) is 1. The Labute approximate surface area is 166 Å². The number of halogens is 1. The topological polar surface area (TPSA) is 32.8 Å². The molecule has 2 saturated carbocycles. The molecule has 8 rings (SSSR count). The van der Waals surface area contributed by atoms with Gasteiger partial charge < -0.3 is 9.64 Å². The highest BCUT2D eigenvalue weighted by molar-refractivity contribution is 9.10. The van der Waals surface area contributed by atoms with E-state index in [4.69, 9.17) is 4.74 Å². The second-order valence-electron chi connectivity index (χ2n) is 9.73. The fourth-order valence-corrected chi connectivity index (χ4v) is 9.03. The zero-order chi connectivity index (χ0) is 17.7. The van der Waals surface area contributed by atoms with Crippen molar-refractivity contribution in [2.45, 2.75) is 42.9 Å². The van der Waals surface area contributed by atoms with Crippen LogP contribution >= 0.6 is 15.9 Å². The number of nitrogens with zero attached hydrogens (tertiary/aromatic N) is 2. The van der Waals surface area contributed by atoms with Crippen molar-refractivity contribution in [3.63, 3.8) is 0 Å². The minimum atomic E-state index is 0.0930. The minimum Gasteiger partial charge on any atom is -0.373 e. The third-order valence-electron chi connectivity index (χ3n) is 9.37. The van der Waals surface area contributed by atoms with Crippen LogP contribution < -0.4 is 4.90 Å². The Hall–Kier alpha value is -1.17. The van der Waals surface area contributed by atoms with Gasteiger partial charge in [-0.25, -0.2) is 0 Å². The molecule has 0 aromatic heterocycles. The van der Waals surface area contributed by atoms with Crippen LogP contribution in [0.3, 0.4) is 0 Å². The fraction of sp³-hybridized carbons (Fsp3) is 0.591. The fourth-order valence-electron chi connectivity index (χ4n) is 8.66. The first-order valence-electron chi connectivity index (χ1n) is 10.3. The van der Waals surface area contributed by atoms with Gasteiger partial charge in [-0.15, -0.1) is 0 Å². The normalized spacial score (nSPS) is 50.1. The third-order valence-corrected chi connectivity index (χ3v) is 9.86. The molecule has 27 heavy (non-hydrogen) atoms. The Morgan fingerprint density at radius 3 is 3.11 bits per heavy atom. The predicted molar refractivity (Wildman–Crippen MR) is 104 cm³/mol. The molecule has 2 bridgehead atoms. The molecule has 0 radical (unpaired) electrons. The molecular formula is C22H21BrN2O2. The van der Waals surface area contributed by atoms with Crippen molar-refractivity contribution >= 4 is 27.5 Å². The predicted octanol–water partition coefficient (Wildman–Crippen LogP) is 2.86. The smallest absolute Gasteiger partial charge is 0.229 e. The van der Waals surface area contributed by atoms with E-state index in [1.165, 1.54) is 37.2 Å². The summed E-state index contributed by atoms with van der Waals surface area (Å²) < 4.78 is 7.46. The van der Waals surface area contributed by atoms with E-state index in [-0.39, 0.29) is 23.5 Å². The lowest BCUT2D eigenvalue weighted by atomic mass is 9.53. The van der Waals surface area contributed by atoms with Crippen molar-refractivity contribution in [3.05, 3.63) is 39.9 Å². The summed E-state index contributed by atoms with van der Waals surface area (Å²) in [7, 11) is 0. The molecule has 5 aliphatic heterocycles. The Kier molecular flexibility index (Phi) is 2.31. The Bertz CT molecular complexity index is 991. The highest BCUT2D eigenvalue weighted by atomic mass is 79.9. The van der Waals surface area contributed by atoms with Gasteiger partial charge in [-0.1, -0.05) is 27.6 Å². The van der Waals surface area contributed by atoms with Crippen molar-refractivity contribution in [2.75, 3.05) is 24.6 Å². The van der Waals surface area contributed by atoms with Gasteiger partial charge >= 0.3 is 0 Å². The van der Waals surface area contributed by atoms with Gasteiger partial charge in [0.05, 0.1) is 25.2 Å². The molecule has 1 amide bonds. The maximum Gasteiger partial charge on any atom is 0.229 e. The molecule has 5 fully saturated rings. The molecule has 2 aliphatic carbocycles. The zero-order valence-electron chi connectivity index (χ0n) is 15.0. The van der Waals surface area contributed by atoms with E-state index >= 15 is 0 Å². The third kappa shape index (κ3) is 1.32. The monoisotopic (exact) mass is 424 g/mol. The molecular weight excluding hydrogens is 404 g/mol. The van der Waals surface area contributed by atoms with Gasteiger partial charge in [0.2, 0.25) is 5.91 Å². The summed E-state index contributed by atoms with van der Waals surface area (Å²) in [6, 6.07) is 7.48. The Morgan fingerprint density at radius 2 is 2.19 bits per heavy atom. The highest BCUT2D eigenvalue weighted by Crippen LogP contribution is 2.79. The molecule has 138 valence electrons. The van der Waals surface area contributed by atoms with E-state index in [0.29, 0.717) is 36.3 Å². The van der Waals surface area contributed by atoms with Gasteiger partial charge in [-0.2, -0.15) is 0 Å². The summed E-state index contributed by atoms with van der Waals surface area (Å²) in [5.74, 6) is 1.46. The average molecular weight is 425 g/mol. The summed E-state index contributed by atoms with van der Waals surface area (Å²) in [5, 5.41) is 0. The summed E-state index contributed by atoms with van der Waals surface area (Å²) in [5.41, 5.74) is 4.69. The van der Waals surface area contributed by atoms with E-state index < -0.39 is 0 Å². The maximum atomic E-state index is 13.4. The number of amides is 1. The molecule has 2 spiro atoms. The van der Waals surface area contributed by atoms with Crippen LogP contribution in [0.2, 0.25) is 0 Å². The molecule has 5 heterocycles. The van der Waals surface area contributed by atoms with Crippen LogP contribution in [-0.4, -0.2) is 48.7 Å². The first-order valence-corrected chi connectivity index (χ1v) is 11.1. The second-order valence-corrected chi connectivity index (χ2v) is 10.6. The van der Waals surface area contributed by atoms with Crippen LogP contribution in [0.15, 0.2) is 34.3 Å². The SMILES string of the molecule is O=C1C[C@@H]2OCC=C3C4CN5CC[C@]67c8cc(Br)ccc8N1[C@H]6[C@H]2[C@@]34C[C@H]57. The summed E-state index contributed by atoms with van der Waals surface area (Å²) in [6.45, 7) is 3.10. The molecule has 4 nitrogen and oxygen atoms in total. The number of rotatable bonds is 0. The first-order chi connectivity index (χ1) is 13.2. The zero-order valence-corrected chi connectivity index (χ0v) is 16.6. The van der Waals surface area contributed by atoms with Crippen LogP contribution in [0, 0.1) is 17.3 Å². The lowest BCUT2D eigenvalue weighted by molar-refractivity contribution is -0.136. The second kappa shape index (κ2) is 4.22. The number of hydrogen-bond acceptors (Lipinski definition) is 3. The number of anilines is 1. The van der Waals surface area contributed by atoms with Crippen molar-refractivity contribution in [2.24, 2.45) is 17.3 Å². The van der Waals surface area contributed by atoms with Crippen molar-refractivity contribution in [1.82, 2.24) is 4.90 Å². The lowest BCUT2D eigenvalue weighted by Gasteiger charge is -2.58. The van der Waals surface area contributed by atoms with Gasteiger partial charge in [0, 0.05) is 45.4 Å². The van der Waals surface area contributed by atoms with E-state index in [1.807, 2.05) is 0 Å². The number of fused-ring (bicyclic) bond motifs is 3. The number of piperidine rings is 2. The van der Waals surface area contributed by atoms with Crippen molar-refractivity contribution in [3.8, 4) is 0 Å². The number of carbonyl (C=O) groups is 1. The van der Waals surface area contributed by atoms with E-state index in [1.54, 1.807) is 5.57 Å². The number of benzene rings is 1. The lowest BCUT2D eigenvalue weighted by Crippen LogP contribution is -2.69. The van der Waals surface area contributed by atoms with Crippen molar-refractivity contribution < 1.29 is 9.53 Å². The molecule has 1 aromatic rings. The molecule has 1 unspecified atom stereocenters. The summed E-state index contributed by atoms with van der Waals surface area (Å²) >= 11 is 3.72. The largest absolute Gasteiger partial charge is 0.373 e. The average Bonchev–Trinajstić information content (AvgIpc) is 2.99. The molecule has 7 aliphatic rings. The van der Waals surface area contributed by atoms with E-state index in [2.05, 4.69) is 50.0 Å². The van der Waals surface area contributed by atoms with Gasteiger partial charge in [-0.3, -0.25) is 9.69 Å². The Balaban J connectivity index is 1.47. The van der Waals surface area contributed by atoms with Crippen LogP contribution in [-0.2, 0) is 14.9 Å². The molecule has 5 heteroatoms. The van der Waals surface area contributed by atoms with E-state index in [9.17, 15) is 4.79 Å². The quantitative estimate of drug-likeness (QED) is 0.600. The van der Waals surface area contributed by atoms with Crippen LogP contribution in [0.4, 0.5) is 5.69 Å². The van der Waals surface area contributed by atoms with Crippen LogP contribution in [0.25, 0.3) is 0 Å². The van der Waals surface area contributed by atoms with Crippen LogP contribution in [0.1, 0.15) is 24.8 Å². The molecule has 3 saturated heterocycles. The van der Waals surface area contributed by atoms with Gasteiger partial charge in [0.25, 0.3) is 0 Å². The number of hydrogen-bond donors (Lipinski definition) is 0. The summed E-state index contributed by atoms with van der Waals surface area (Å²) in [6.07, 6.45) is 5.49. The Morgan fingerprint density at radius 1 is 1.26 bits per heavy atom. The minimum absolute atomic E-state index is 0.0930. The molecule has 7 atom stereocenters. The van der Waals surface area contributed by atoms with Crippen molar-refractivity contribution in [1.29, 1.82) is 0 Å². The number of carbonyl (C=O) groups excluding carboxylic acids is 1. The first kappa shape index (κ1) is 14.8. The maximum absolute atomic E-state index is 13.4. The highest BCUT2D eigenvalue weighted by Gasteiger charge is 2.81. The van der Waals surface area contributed by atoms with Gasteiger partial charge in [-0.05, 0) is 43.1 Å².